The lowest BCUT2D eigenvalue weighted by Gasteiger charge is -2.17. The number of fused-ring (bicyclic) bond motifs is 2. The second-order valence-electron chi connectivity index (χ2n) is 5.45. The Kier molecular flexibility index (Phi) is 2.28. The van der Waals surface area contributed by atoms with Gasteiger partial charge in [-0.3, -0.25) is 4.90 Å². The van der Waals surface area contributed by atoms with Gasteiger partial charge in [-0.15, -0.1) is 0 Å². The van der Waals surface area contributed by atoms with Crippen LogP contribution in [0.25, 0.3) is 0 Å². The van der Waals surface area contributed by atoms with Crippen molar-refractivity contribution in [3.05, 3.63) is 11.7 Å². The Bertz CT molecular complexity index is 387. The smallest absolute Gasteiger partial charge is 0.231 e. The summed E-state index contributed by atoms with van der Waals surface area (Å²) in [6.07, 6.45) is 3.81. The first-order valence-corrected chi connectivity index (χ1v) is 6.22. The van der Waals surface area contributed by atoms with Crippen molar-refractivity contribution in [1.29, 1.82) is 0 Å². The van der Waals surface area contributed by atoms with Gasteiger partial charge in [0, 0.05) is 18.0 Å². The van der Waals surface area contributed by atoms with Crippen LogP contribution in [0.2, 0.25) is 0 Å². The highest BCUT2D eigenvalue weighted by atomic mass is 16.5. The molecule has 3 heterocycles. The standard InChI is InChI=1S/C12H19N3O/c1-7(2)11-13-12(16-14-11)9-6-8-4-5-10(9)15(8)3/h7-10H,4-6H2,1-3H3. The van der Waals surface area contributed by atoms with Crippen molar-refractivity contribution in [2.75, 3.05) is 7.05 Å². The number of rotatable bonds is 2. The molecule has 2 bridgehead atoms. The fourth-order valence-electron chi connectivity index (χ4n) is 3.16. The largest absolute Gasteiger partial charge is 0.339 e. The van der Waals surface area contributed by atoms with Crippen LogP contribution >= 0.6 is 0 Å². The molecule has 0 aromatic carbocycles. The summed E-state index contributed by atoms with van der Waals surface area (Å²) in [5, 5.41) is 4.06. The minimum atomic E-state index is 0.355. The molecule has 2 aliphatic rings. The van der Waals surface area contributed by atoms with Gasteiger partial charge in [-0.25, -0.2) is 0 Å². The molecular weight excluding hydrogens is 202 g/mol. The minimum absolute atomic E-state index is 0.355. The van der Waals surface area contributed by atoms with E-state index >= 15 is 0 Å². The molecule has 3 atom stereocenters. The molecule has 2 aliphatic heterocycles. The molecule has 0 saturated carbocycles. The molecule has 0 amide bonds. The molecule has 3 unspecified atom stereocenters. The Morgan fingerprint density at radius 1 is 1.38 bits per heavy atom. The van der Waals surface area contributed by atoms with Crippen LogP contribution in [0.1, 0.15) is 56.7 Å². The van der Waals surface area contributed by atoms with E-state index in [1.165, 1.54) is 19.3 Å². The first-order valence-electron chi connectivity index (χ1n) is 6.22. The van der Waals surface area contributed by atoms with Crippen molar-refractivity contribution < 1.29 is 4.52 Å². The molecule has 0 spiro atoms. The van der Waals surface area contributed by atoms with E-state index < -0.39 is 0 Å². The van der Waals surface area contributed by atoms with Crippen LogP contribution < -0.4 is 0 Å². The van der Waals surface area contributed by atoms with Crippen molar-refractivity contribution in [2.24, 2.45) is 0 Å². The number of nitrogens with zero attached hydrogens (tertiary/aromatic N) is 3. The van der Waals surface area contributed by atoms with E-state index in [1.54, 1.807) is 0 Å². The fraction of sp³-hybridized carbons (Fsp3) is 0.833. The van der Waals surface area contributed by atoms with Crippen LogP contribution in [-0.4, -0.2) is 34.2 Å². The number of hydrogen-bond acceptors (Lipinski definition) is 4. The van der Waals surface area contributed by atoms with Gasteiger partial charge in [-0.1, -0.05) is 19.0 Å². The van der Waals surface area contributed by atoms with E-state index in [-0.39, 0.29) is 0 Å². The van der Waals surface area contributed by atoms with E-state index in [2.05, 4.69) is 35.9 Å². The molecule has 4 heteroatoms. The van der Waals surface area contributed by atoms with E-state index in [0.29, 0.717) is 17.9 Å². The average molecular weight is 221 g/mol. The molecule has 4 nitrogen and oxygen atoms in total. The maximum atomic E-state index is 5.42. The predicted octanol–water partition coefficient (Wildman–Crippen LogP) is 2.14. The third kappa shape index (κ3) is 1.39. The normalized spacial score (nSPS) is 34.1. The molecule has 16 heavy (non-hydrogen) atoms. The highest BCUT2D eigenvalue weighted by molar-refractivity contribution is 5.11. The van der Waals surface area contributed by atoms with Crippen molar-refractivity contribution in [3.8, 4) is 0 Å². The Labute approximate surface area is 96.0 Å². The third-order valence-corrected chi connectivity index (χ3v) is 4.18. The van der Waals surface area contributed by atoms with Crippen LogP contribution in [0, 0.1) is 0 Å². The van der Waals surface area contributed by atoms with Gasteiger partial charge < -0.3 is 4.52 Å². The molecule has 2 saturated heterocycles. The molecule has 88 valence electrons. The second-order valence-corrected chi connectivity index (χ2v) is 5.45. The highest BCUT2D eigenvalue weighted by Crippen LogP contribution is 2.45. The minimum Gasteiger partial charge on any atom is -0.339 e. The summed E-state index contributed by atoms with van der Waals surface area (Å²) < 4.78 is 5.42. The van der Waals surface area contributed by atoms with Crippen LogP contribution in [0.4, 0.5) is 0 Å². The average Bonchev–Trinajstić information content (AvgIpc) is 2.93. The summed E-state index contributed by atoms with van der Waals surface area (Å²) in [5.41, 5.74) is 0. The summed E-state index contributed by atoms with van der Waals surface area (Å²) in [7, 11) is 2.22. The number of aromatic nitrogens is 2. The summed E-state index contributed by atoms with van der Waals surface area (Å²) in [6, 6.07) is 1.37. The molecule has 0 N–H and O–H groups in total. The SMILES string of the molecule is CC(C)c1noc(C2CC3CCC2N3C)n1. The van der Waals surface area contributed by atoms with E-state index in [4.69, 9.17) is 4.52 Å². The van der Waals surface area contributed by atoms with Gasteiger partial charge >= 0.3 is 0 Å². The molecule has 1 aromatic rings. The van der Waals surface area contributed by atoms with Gasteiger partial charge in [-0.05, 0) is 26.3 Å². The van der Waals surface area contributed by atoms with Gasteiger partial charge in [0.15, 0.2) is 5.82 Å². The lowest BCUT2D eigenvalue weighted by molar-refractivity contribution is 0.283. The molecule has 0 radical (unpaired) electrons. The number of hydrogen-bond donors (Lipinski definition) is 0. The van der Waals surface area contributed by atoms with Crippen LogP contribution in [0.5, 0.6) is 0 Å². The van der Waals surface area contributed by atoms with Gasteiger partial charge in [0.2, 0.25) is 5.89 Å². The van der Waals surface area contributed by atoms with E-state index in [1.807, 2.05) is 0 Å². The molecule has 2 fully saturated rings. The first kappa shape index (κ1) is 10.3. The van der Waals surface area contributed by atoms with Gasteiger partial charge in [-0.2, -0.15) is 4.98 Å². The Morgan fingerprint density at radius 2 is 2.19 bits per heavy atom. The van der Waals surface area contributed by atoms with Crippen molar-refractivity contribution in [3.63, 3.8) is 0 Å². The summed E-state index contributed by atoms with van der Waals surface area (Å²) >= 11 is 0. The third-order valence-electron chi connectivity index (χ3n) is 4.18. The van der Waals surface area contributed by atoms with Gasteiger partial charge in [0.05, 0.1) is 5.92 Å². The zero-order valence-corrected chi connectivity index (χ0v) is 10.2. The first-order chi connectivity index (χ1) is 7.66. The van der Waals surface area contributed by atoms with Crippen molar-refractivity contribution >= 4 is 0 Å². The van der Waals surface area contributed by atoms with E-state index in [9.17, 15) is 0 Å². The molecule has 3 rings (SSSR count). The summed E-state index contributed by atoms with van der Waals surface area (Å²) in [6.45, 7) is 4.20. The zero-order valence-electron chi connectivity index (χ0n) is 10.2. The maximum absolute atomic E-state index is 5.42. The van der Waals surface area contributed by atoms with Crippen molar-refractivity contribution in [1.82, 2.24) is 15.0 Å². The monoisotopic (exact) mass is 221 g/mol. The van der Waals surface area contributed by atoms with Crippen LogP contribution in [0.15, 0.2) is 4.52 Å². The molecular formula is C12H19N3O. The van der Waals surface area contributed by atoms with E-state index in [0.717, 1.165) is 17.8 Å². The lowest BCUT2D eigenvalue weighted by atomic mass is 9.89. The Morgan fingerprint density at radius 3 is 2.69 bits per heavy atom. The summed E-state index contributed by atoms with van der Waals surface area (Å²) in [4.78, 5) is 7.03. The molecule has 0 aliphatic carbocycles. The highest BCUT2D eigenvalue weighted by Gasteiger charge is 2.46. The lowest BCUT2D eigenvalue weighted by Crippen LogP contribution is -2.25. The van der Waals surface area contributed by atoms with Crippen LogP contribution in [-0.2, 0) is 0 Å². The van der Waals surface area contributed by atoms with Crippen LogP contribution in [0.3, 0.4) is 0 Å². The fourth-order valence-corrected chi connectivity index (χ4v) is 3.16. The van der Waals surface area contributed by atoms with Crippen molar-refractivity contribution in [2.45, 2.75) is 57.0 Å². The topological polar surface area (TPSA) is 42.2 Å². The maximum Gasteiger partial charge on any atom is 0.231 e. The summed E-state index contributed by atoms with van der Waals surface area (Å²) in [5.74, 6) is 2.54. The second kappa shape index (κ2) is 3.55. The Hall–Kier alpha value is -0.900. The molecule has 1 aromatic heterocycles. The van der Waals surface area contributed by atoms with Gasteiger partial charge in [0.1, 0.15) is 0 Å². The quantitative estimate of drug-likeness (QED) is 0.767. The number of likely N-dealkylation sites (N-methyl/N-ethyl adjacent to an activating group) is 1. The predicted molar refractivity (Wildman–Crippen MR) is 60.3 cm³/mol. The Balaban J connectivity index is 1.83. The van der Waals surface area contributed by atoms with Gasteiger partial charge in [0.25, 0.3) is 0 Å². The zero-order chi connectivity index (χ0) is 11.3.